The van der Waals surface area contributed by atoms with Crippen LogP contribution in [-0.2, 0) is 7.05 Å². The van der Waals surface area contributed by atoms with E-state index in [-0.39, 0.29) is 11.9 Å². The van der Waals surface area contributed by atoms with Crippen LogP contribution in [0.2, 0.25) is 0 Å². The van der Waals surface area contributed by atoms with Gasteiger partial charge in [0.05, 0.1) is 24.3 Å². The Morgan fingerprint density at radius 3 is 2.90 bits per heavy atom. The van der Waals surface area contributed by atoms with E-state index in [4.69, 9.17) is 0 Å². The molecule has 1 aliphatic carbocycles. The predicted octanol–water partition coefficient (Wildman–Crippen LogP) is 2.00. The maximum atomic E-state index is 12.3. The normalized spacial score (nSPS) is 15.9. The van der Waals surface area contributed by atoms with E-state index in [9.17, 15) is 4.79 Å². The van der Waals surface area contributed by atoms with Gasteiger partial charge in [-0.25, -0.2) is 4.98 Å². The minimum Gasteiger partial charge on any atom is -0.342 e. The molecule has 0 aromatic carbocycles. The third kappa shape index (κ3) is 2.57. The molecular formula is C15H18N4O. The van der Waals surface area contributed by atoms with Gasteiger partial charge in [0.1, 0.15) is 5.69 Å². The van der Waals surface area contributed by atoms with Gasteiger partial charge in [-0.15, -0.1) is 0 Å². The minimum absolute atomic E-state index is 0.00250. The number of imidazole rings is 1. The largest absolute Gasteiger partial charge is 0.342 e. The number of nitrogens with zero attached hydrogens (tertiary/aromatic N) is 3. The second kappa shape index (κ2) is 5.07. The molecule has 20 heavy (non-hydrogen) atoms. The van der Waals surface area contributed by atoms with Crippen molar-refractivity contribution in [1.82, 2.24) is 19.9 Å². The van der Waals surface area contributed by atoms with Crippen molar-refractivity contribution in [2.75, 3.05) is 0 Å². The van der Waals surface area contributed by atoms with Crippen LogP contribution in [0.4, 0.5) is 0 Å². The molecule has 0 bridgehead atoms. The van der Waals surface area contributed by atoms with Gasteiger partial charge in [-0.3, -0.25) is 9.78 Å². The lowest BCUT2D eigenvalue weighted by molar-refractivity contribution is 0.0922. The zero-order valence-corrected chi connectivity index (χ0v) is 11.7. The Kier molecular flexibility index (Phi) is 3.26. The average Bonchev–Trinajstić information content (AvgIpc) is 3.17. The molecule has 1 fully saturated rings. The van der Waals surface area contributed by atoms with E-state index in [2.05, 4.69) is 15.3 Å². The van der Waals surface area contributed by atoms with E-state index in [0.29, 0.717) is 11.6 Å². The van der Waals surface area contributed by atoms with Crippen LogP contribution in [0.15, 0.2) is 30.9 Å². The Hall–Kier alpha value is -2.17. The molecule has 0 spiro atoms. The number of hydrogen-bond acceptors (Lipinski definition) is 3. The maximum absolute atomic E-state index is 12.3. The summed E-state index contributed by atoms with van der Waals surface area (Å²) in [7, 11) is 1.82. The fourth-order valence-corrected chi connectivity index (χ4v) is 2.38. The van der Waals surface area contributed by atoms with E-state index >= 15 is 0 Å². The second-order valence-electron chi connectivity index (χ2n) is 5.44. The zero-order chi connectivity index (χ0) is 14.1. The van der Waals surface area contributed by atoms with Crippen LogP contribution < -0.4 is 5.32 Å². The molecule has 0 aliphatic heterocycles. The summed E-state index contributed by atoms with van der Waals surface area (Å²) in [5, 5.41) is 3.10. The summed E-state index contributed by atoms with van der Waals surface area (Å²) in [5.41, 5.74) is 2.68. The molecule has 0 radical (unpaired) electrons. The van der Waals surface area contributed by atoms with Crippen LogP contribution in [0, 0.1) is 12.8 Å². The number of pyridine rings is 1. The van der Waals surface area contributed by atoms with Crippen LogP contribution in [0.1, 0.15) is 40.6 Å². The van der Waals surface area contributed by atoms with Gasteiger partial charge >= 0.3 is 0 Å². The number of nitrogens with one attached hydrogen (secondary N) is 1. The van der Waals surface area contributed by atoms with Gasteiger partial charge in [-0.1, -0.05) is 0 Å². The van der Waals surface area contributed by atoms with Gasteiger partial charge in [-0.05, 0) is 43.4 Å². The first-order chi connectivity index (χ1) is 9.65. The standard InChI is InChI=1S/C15H18N4O/c1-10-5-6-17-12(7-10)14(11-3-4-11)18-15(20)13-8-16-9-19(13)2/h5-9,11,14H,3-4H2,1-2H3,(H,18,20)/t14-/m0/s1. The number of amides is 1. The lowest BCUT2D eigenvalue weighted by Gasteiger charge is -2.18. The summed E-state index contributed by atoms with van der Waals surface area (Å²) in [6, 6.07) is 4.01. The van der Waals surface area contributed by atoms with Gasteiger partial charge < -0.3 is 9.88 Å². The van der Waals surface area contributed by atoms with Crippen LogP contribution in [0.25, 0.3) is 0 Å². The third-order valence-corrected chi connectivity index (χ3v) is 3.68. The molecule has 1 atom stereocenters. The maximum Gasteiger partial charge on any atom is 0.270 e. The summed E-state index contributed by atoms with van der Waals surface area (Å²) in [4.78, 5) is 20.7. The molecule has 1 amide bonds. The molecule has 2 heterocycles. The molecule has 5 heteroatoms. The van der Waals surface area contributed by atoms with Crippen LogP contribution in [0.5, 0.6) is 0 Å². The number of carbonyl (C=O) groups is 1. The predicted molar refractivity (Wildman–Crippen MR) is 75.1 cm³/mol. The van der Waals surface area contributed by atoms with Crippen molar-refractivity contribution in [3.8, 4) is 0 Å². The van der Waals surface area contributed by atoms with Crippen molar-refractivity contribution >= 4 is 5.91 Å². The van der Waals surface area contributed by atoms with Crippen molar-refractivity contribution in [1.29, 1.82) is 0 Å². The lowest BCUT2D eigenvalue weighted by atomic mass is 10.1. The van der Waals surface area contributed by atoms with Gasteiger partial charge in [0.2, 0.25) is 0 Å². The van der Waals surface area contributed by atoms with E-state index in [1.54, 1.807) is 23.3 Å². The van der Waals surface area contributed by atoms with Crippen molar-refractivity contribution in [3.63, 3.8) is 0 Å². The first-order valence-electron chi connectivity index (χ1n) is 6.85. The lowest BCUT2D eigenvalue weighted by Crippen LogP contribution is -2.31. The van der Waals surface area contributed by atoms with E-state index in [1.165, 1.54) is 0 Å². The number of hydrogen-bond donors (Lipinski definition) is 1. The molecule has 1 aliphatic rings. The Labute approximate surface area is 118 Å². The fourth-order valence-electron chi connectivity index (χ4n) is 2.38. The molecule has 0 saturated heterocycles. The van der Waals surface area contributed by atoms with Crippen LogP contribution in [-0.4, -0.2) is 20.4 Å². The first-order valence-corrected chi connectivity index (χ1v) is 6.85. The van der Waals surface area contributed by atoms with Gasteiger partial charge in [0.25, 0.3) is 5.91 Å². The zero-order valence-electron chi connectivity index (χ0n) is 11.7. The molecule has 2 aromatic rings. The molecule has 1 N–H and O–H groups in total. The van der Waals surface area contributed by atoms with Crippen LogP contribution >= 0.6 is 0 Å². The van der Waals surface area contributed by atoms with Gasteiger partial charge in [-0.2, -0.15) is 0 Å². The number of carbonyl (C=O) groups excluding carboxylic acids is 1. The SMILES string of the molecule is Cc1ccnc([C@@H](NC(=O)c2cncn2C)C2CC2)c1. The highest BCUT2D eigenvalue weighted by molar-refractivity contribution is 5.92. The van der Waals surface area contributed by atoms with Crippen molar-refractivity contribution < 1.29 is 4.79 Å². The highest BCUT2D eigenvalue weighted by Gasteiger charge is 2.34. The van der Waals surface area contributed by atoms with E-state index in [0.717, 1.165) is 24.1 Å². The van der Waals surface area contributed by atoms with Crippen molar-refractivity contribution in [2.45, 2.75) is 25.8 Å². The molecule has 0 unspecified atom stereocenters. The van der Waals surface area contributed by atoms with Crippen molar-refractivity contribution in [2.24, 2.45) is 13.0 Å². The fraction of sp³-hybridized carbons (Fsp3) is 0.400. The van der Waals surface area contributed by atoms with Gasteiger partial charge in [0.15, 0.2) is 0 Å². The number of rotatable bonds is 4. The molecule has 2 aromatic heterocycles. The van der Waals surface area contributed by atoms with Crippen molar-refractivity contribution in [3.05, 3.63) is 47.8 Å². The Morgan fingerprint density at radius 1 is 1.50 bits per heavy atom. The minimum atomic E-state index is -0.0924. The average molecular weight is 270 g/mol. The second-order valence-corrected chi connectivity index (χ2v) is 5.44. The molecule has 3 rings (SSSR count). The highest BCUT2D eigenvalue weighted by atomic mass is 16.2. The Balaban J connectivity index is 1.82. The number of aryl methyl sites for hydroxylation is 2. The molecular weight excluding hydrogens is 252 g/mol. The Morgan fingerprint density at radius 2 is 2.30 bits per heavy atom. The van der Waals surface area contributed by atoms with Crippen LogP contribution in [0.3, 0.4) is 0 Å². The van der Waals surface area contributed by atoms with E-state index < -0.39 is 0 Å². The summed E-state index contributed by atoms with van der Waals surface area (Å²) in [5.74, 6) is 0.409. The monoisotopic (exact) mass is 270 g/mol. The summed E-state index contributed by atoms with van der Waals surface area (Å²) >= 11 is 0. The quantitative estimate of drug-likeness (QED) is 0.924. The summed E-state index contributed by atoms with van der Waals surface area (Å²) < 4.78 is 1.73. The van der Waals surface area contributed by atoms with Gasteiger partial charge in [0, 0.05) is 13.2 Å². The van der Waals surface area contributed by atoms with E-state index in [1.807, 2.05) is 26.1 Å². The molecule has 1 saturated carbocycles. The first kappa shape index (κ1) is 12.8. The highest BCUT2D eigenvalue weighted by Crippen LogP contribution is 2.40. The topological polar surface area (TPSA) is 59.8 Å². The molecule has 104 valence electrons. The Bertz CT molecular complexity index is 630. The smallest absolute Gasteiger partial charge is 0.270 e. The summed E-state index contributed by atoms with van der Waals surface area (Å²) in [6.07, 6.45) is 7.31. The summed E-state index contributed by atoms with van der Waals surface area (Å²) in [6.45, 7) is 2.04. The number of aromatic nitrogens is 3. The molecule has 5 nitrogen and oxygen atoms in total. The third-order valence-electron chi connectivity index (χ3n) is 3.68.